The number of H-pyrrole nitrogens is 1. The van der Waals surface area contributed by atoms with Gasteiger partial charge in [0.25, 0.3) is 0 Å². The SMILES string of the molecule is c1cc(CCNc2nc(C3CCOCC3)ns2)[nH]n1. The third-order valence-electron chi connectivity index (χ3n) is 3.26. The molecule has 0 radical (unpaired) electrons. The van der Waals surface area contributed by atoms with Crippen LogP contribution in [-0.4, -0.2) is 39.3 Å². The maximum atomic E-state index is 5.36. The summed E-state index contributed by atoms with van der Waals surface area (Å²) in [4.78, 5) is 4.57. The van der Waals surface area contributed by atoms with E-state index in [1.54, 1.807) is 6.20 Å². The molecular formula is C12H17N5OS. The minimum atomic E-state index is 0.466. The summed E-state index contributed by atoms with van der Waals surface area (Å²) in [6, 6.07) is 1.98. The summed E-state index contributed by atoms with van der Waals surface area (Å²) in [7, 11) is 0. The van der Waals surface area contributed by atoms with E-state index in [4.69, 9.17) is 4.74 Å². The number of ether oxygens (including phenoxy) is 1. The highest BCUT2D eigenvalue weighted by atomic mass is 32.1. The van der Waals surface area contributed by atoms with Gasteiger partial charge in [0.2, 0.25) is 5.13 Å². The maximum absolute atomic E-state index is 5.36. The molecule has 7 heteroatoms. The van der Waals surface area contributed by atoms with Gasteiger partial charge in [-0.15, -0.1) is 0 Å². The molecule has 0 aromatic carbocycles. The van der Waals surface area contributed by atoms with Crippen LogP contribution in [0.15, 0.2) is 12.3 Å². The van der Waals surface area contributed by atoms with Crippen LogP contribution in [-0.2, 0) is 11.2 Å². The predicted octanol–water partition coefficient (Wildman–Crippen LogP) is 1.81. The second kappa shape index (κ2) is 6.12. The van der Waals surface area contributed by atoms with Crippen molar-refractivity contribution in [3.8, 4) is 0 Å². The Bertz CT molecular complexity index is 492. The fourth-order valence-corrected chi connectivity index (χ4v) is 2.83. The number of aromatic nitrogens is 4. The third-order valence-corrected chi connectivity index (χ3v) is 3.94. The third kappa shape index (κ3) is 3.30. The van der Waals surface area contributed by atoms with E-state index in [0.29, 0.717) is 5.92 Å². The van der Waals surface area contributed by atoms with Crippen molar-refractivity contribution in [2.24, 2.45) is 0 Å². The van der Waals surface area contributed by atoms with Crippen molar-refractivity contribution in [2.75, 3.05) is 25.1 Å². The first-order valence-corrected chi connectivity index (χ1v) is 7.32. The lowest BCUT2D eigenvalue weighted by Gasteiger charge is -2.18. The number of nitrogens with one attached hydrogen (secondary N) is 2. The van der Waals surface area contributed by atoms with E-state index in [-0.39, 0.29) is 0 Å². The van der Waals surface area contributed by atoms with Crippen LogP contribution >= 0.6 is 11.5 Å². The van der Waals surface area contributed by atoms with Crippen LogP contribution in [0.2, 0.25) is 0 Å². The van der Waals surface area contributed by atoms with Crippen molar-refractivity contribution in [2.45, 2.75) is 25.2 Å². The Kier molecular flexibility index (Phi) is 4.04. The second-order valence-corrected chi connectivity index (χ2v) is 5.35. The molecule has 2 N–H and O–H groups in total. The zero-order chi connectivity index (χ0) is 12.9. The topological polar surface area (TPSA) is 75.7 Å². The zero-order valence-corrected chi connectivity index (χ0v) is 11.4. The highest BCUT2D eigenvalue weighted by Crippen LogP contribution is 2.26. The fourth-order valence-electron chi connectivity index (χ4n) is 2.16. The van der Waals surface area contributed by atoms with E-state index < -0.39 is 0 Å². The van der Waals surface area contributed by atoms with Gasteiger partial charge in [-0.2, -0.15) is 9.47 Å². The van der Waals surface area contributed by atoms with Gasteiger partial charge < -0.3 is 10.1 Å². The van der Waals surface area contributed by atoms with Crippen molar-refractivity contribution in [3.05, 3.63) is 23.8 Å². The van der Waals surface area contributed by atoms with Crippen molar-refractivity contribution in [1.29, 1.82) is 0 Å². The lowest BCUT2D eigenvalue weighted by atomic mass is 10.00. The van der Waals surface area contributed by atoms with Crippen molar-refractivity contribution in [3.63, 3.8) is 0 Å². The van der Waals surface area contributed by atoms with Gasteiger partial charge in [-0.1, -0.05) is 0 Å². The van der Waals surface area contributed by atoms with Crippen LogP contribution in [0.25, 0.3) is 0 Å². The second-order valence-electron chi connectivity index (χ2n) is 4.60. The largest absolute Gasteiger partial charge is 0.381 e. The molecule has 1 aliphatic heterocycles. The average molecular weight is 279 g/mol. The van der Waals surface area contributed by atoms with Crippen molar-refractivity contribution < 1.29 is 4.74 Å². The van der Waals surface area contributed by atoms with E-state index in [1.165, 1.54) is 11.5 Å². The van der Waals surface area contributed by atoms with Gasteiger partial charge in [-0.05, 0) is 18.9 Å². The highest BCUT2D eigenvalue weighted by molar-refractivity contribution is 7.09. The Balaban J connectivity index is 1.50. The Morgan fingerprint density at radius 1 is 1.42 bits per heavy atom. The Labute approximate surface area is 115 Å². The molecule has 2 aromatic rings. The molecule has 102 valence electrons. The summed E-state index contributed by atoms with van der Waals surface area (Å²) in [5.41, 5.74) is 1.13. The molecule has 0 unspecified atom stereocenters. The Hall–Kier alpha value is -1.47. The van der Waals surface area contributed by atoms with Gasteiger partial charge >= 0.3 is 0 Å². The van der Waals surface area contributed by atoms with Gasteiger partial charge in [-0.3, -0.25) is 5.10 Å². The van der Waals surface area contributed by atoms with Gasteiger partial charge in [0.1, 0.15) is 5.82 Å². The number of anilines is 1. The molecule has 3 heterocycles. The average Bonchev–Trinajstić information content (AvgIpc) is 3.11. The first-order valence-electron chi connectivity index (χ1n) is 6.55. The molecule has 2 aromatic heterocycles. The number of hydrogen-bond acceptors (Lipinski definition) is 6. The van der Waals surface area contributed by atoms with E-state index in [9.17, 15) is 0 Å². The first kappa shape index (κ1) is 12.6. The predicted molar refractivity (Wildman–Crippen MR) is 73.5 cm³/mol. The normalized spacial score (nSPS) is 16.6. The minimum Gasteiger partial charge on any atom is -0.381 e. The molecule has 6 nitrogen and oxygen atoms in total. The summed E-state index contributed by atoms with van der Waals surface area (Å²) >= 11 is 1.44. The number of nitrogens with zero attached hydrogens (tertiary/aromatic N) is 3. The molecule has 1 fully saturated rings. The van der Waals surface area contributed by atoms with Crippen LogP contribution in [0, 0.1) is 0 Å². The molecule has 0 amide bonds. The van der Waals surface area contributed by atoms with Crippen LogP contribution in [0.1, 0.15) is 30.3 Å². The smallest absolute Gasteiger partial charge is 0.202 e. The summed E-state index contributed by atoms with van der Waals surface area (Å²) in [5, 5.41) is 11.1. The summed E-state index contributed by atoms with van der Waals surface area (Å²) in [6.45, 7) is 2.49. The number of hydrogen-bond donors (Lipinski definition) is 2. The molecule has 0 bridgehead atoms. The van der Waals surface area contributed by atoms with Crippen LogP contribution in [0.3, 0.4) is 0 Å². The summed E-state index contributed by atoms with van der Waals surface area (Å²) in [6.07, 6.45) is 4.74. The number of rotatable bonds is 5. The van der Waals surface area contributed by atoms with E-state index in [1.807, 2.05) is 6.07 Å². The zero-order valence-electron chi connectivity index (χ0n) is 10.6. The minimum absolute atomic E-state index is 0.466. The first-order chi connectivity index (χ1) is 9.42. The lowest BCUT2D eigenvalue weighted by molar-refractivity contribution is 0.0838. The van der Waals surface area contributed by atoms with Crippen molar-refractivity contribution in [1.82, 2.24) is 19.6 Å². The molecule has 0 saturated carbocycles. The van der Waals surface area contributed by atoms with Gasteiger partial charge in [0.05, 0.1) is 0 Å². The van der Waals surface area contributed by atoms with Gasteiger partial charge in [0.15, 0.2) is 0 Å². The monoisotopic (exact) mass is 279 g/mol. The fraction of sp³-hybridized carbons (Fsp3) is 0.583. The van der Waals surface area contributed by atoms with E-state index in [0.717, 1.165) is 55.7 Å². The molecular weight excluding hydrogens is 262 g/mol. The molecule has 1 saturated heterocycles. The van der Waals surface area contributed by atoms with Crippen LogP contribution in [0.4, 0.5) is 5.13 Å². The van der Waals surface area contributed by atoms with Gasteiger partial charge in [-0.25, -0.2) is 4.98 Å². The Morgan fingerprint density at radius 3 is 3.11 bits per heavy atom. The quantitative estimate of drug-likeness (QED) is 0.873. The standard InChI is InChI=1S/C12H17N5OS/c1(10-2-6-14-16-10)5-13-12-15-11(17-19-12)9-3-7-18-8-4-9/h2,6,9H,1,3-5,7-8H2,(H,14,16)(H,13,15,17). The van der Waals surface area contributed by atoms with Crippen LogP contribution < -0.4 is 5.32 Å². The molecule has 1 aliphatic rings. The van der Waals surface area contributed by atoms with Gasteiger partial charge in [0, 0.05) is 55.5 Å². The molecule has 3 rings (SSSR count). The molecule has 0 spiro atoms. The summed E-state index contributed by atoms with van der Waals surface area (Å²) in [5.74, 6) is 1.44. The molecule has 19 heavy (non-hydrogen) atoms. The molecule has 0 aliphatic carbocycles. The Morgan fingerprint density at radius 2 is 2.32 bits per heavy atom. The number of aromatic amines is 1. The maximum Gasteiger partial charge on any atom is 0.202 e. The van der Waals surface area contributed by atoms with E-state index >= 15 is 0 Å². The van der Waals surface area contributed by atoms with E-state index in [2.05, 4.69) is 24.9 Å². The molecule has 0 atom stereocenters. The van der Waals surface area contributed by atoms with Crippen LogP contribution in [0.5, 0.6) is 0 Å². The summed E-state index contributed by atoms with van der Waals surface area (Å²) < 4.78 is 9.80. The lowest BCUT2D eigenvalue weighted by Crippen LogP contribution is -2.15. The highest BCUT2D eigenvalue weighted by Gasteiger charge is 2.20. The van der Waals surface area contributed by atoms with Crippen molar-refractivity contribution >= 4 is 16.7 Å².